The first-order valence-corrected chi connectivity index (χ1v) is 6.52. The molecule has 1 aliphatic rings. The number of carbonyl (C=O) groups is 2. The number of nitrogens with one attached hydrogen (secondary N) is 1. The molecule has 7 heteroatoms. The van der Waals surface area contributed by atoms with Crippen LogP contribution in [0.2, 0.25) is 0 Å². The van der Waals surface area contributed by atoms with E-state index in [4.69, 9.17) is 4.74 Å². The van der Waals surface area contributed by atoms with E-state index in [2.05, 4.69) is 10.1 Å². The SMILES string of the molecule is C[C@H](OC(=O)c1cccc(OC(F)F)c1)C(=O)NC1CC1. The summed E-state index contributed by atoms with van der Waals surface area (Å²) in [4.78, 5) is 23.5. The number of alkyl halides is 2. The number of benzene rings is 1. The number of halogens is 2. The average molecular weight is 299 g/mol. The number of carbonyl (C=O) groups excluding carboxylic acids is 2. The van der Waals surface area contributed by atoms with Crippen molar-refractivity contribution in [2.45, 2.75) is 38.5 Å². The molecule has 5 nitrogen and oxygen atoms in total. The minimum absolute atomic E-state index is 0.0409. The van der Waals surface area contributed by atoms with Crippen LogP contribution in [0.25, 0.3) is 0 Å². The molecule has 0 unspecified atom stereocenters. The Morgan fingerprint density at radius 2 is 2.05 bits per heavy atom. The summed E-state index contributed by atoms with van der Waals surface area (Å²) in [6, 6.07) is 5.39. The summed E-state index contributed by atoms with van der Waals surface area (Å²) in [6.07, 6.45) is 0.913. The molecule has 0 radical (unpaired) electrons. The molecule has 0 aliphatic heterocycles. The molecule has 1 N–H and O–H groups in total. The van der Waals surface area contributed by atoms with Gasteiger partial charge in [-0.25, -0.2) is 4.79 Å². The zero-order valence-electron chi connectivity index (χ0n) is 11.3. The second kappa shape index (κ2) is 6.51. The Morgan fingerprint density at radius 3 is 2.67 bits per heavy atom. The van der Waals surface area contributed by atoms with Crippen molar-refractivity contribution in [1.82, 2.24) is 5.32 Å². The summed E-state index contributed by atoms with van der Waals surface area (Å²) >= 11 is 0. The standard InChI is InChI=1S/C14H15F2NO4/c1-8(12(18)17-10-5-6-10)20-13(19)9-3-2-4-11(7-9)21-14(15)16/h2-4,7-8,10,14H,5-6H2,1H3,(H,17,18)/t8-/m0/s1. The number of hydrogen-bond acceptors (Lipinski definition) is 4. The van der Waals surface area contributed by atoms with Gasteiger partial charge in [0.25, 0.3) is 5.91 Å². The van der Waals surface area contributed by atoms with Gasteiger partial charge in [0.05, 0.1) is 5.56 Å². The first kappa shape index (κ1) is 15.2. The second-order valence-electron chi connectivity index (χ2n) is 4.74. The van der Waals surface area contributed by atoms with Crippen molar-refractivity contribution in [2.24, 2.45) is 0 Å². The highest BCUT2D eigenvalue weighted by atomic mass is 19.3. The van der Waals surface area contributed by atoms with E-state index in [-0.39, 0.29) is 23.3 Å². The van der Waals surface area contributed by atoms with E-state index in [1.165, 1.54) is 25.1 Å². The van der Waals surface area contributed by atoms with E-state index in [0.717, 1.165) is 18.9 Å². The molecule has 1 aromatic carbocycles. The van der Waals surface area contributed by atoms with Crippen molar-refractivity contribution in [3.05, 3.63) is 29.8 Å². The van der Waals surface area contributed by atoms with Crippen LogP contribution in [0.5, 0.6) is 5.75 Å². The molecule has 1 saturated carbocycles. The number of ether oxygens (including phenoxy) is 2. The molecular formula is C14H15F2NO4. The van der Waals surface area contributed by atoms with Gasteiger partial charge in [-0.3, -0.25) is 4.79 Å². The van der Waals surface area contributed by atoms with E-state index < -0.39 is 18.7 Å². The first-order valence-electron chi connectivity index (χ1n) is 6.52. The lowest BCUT2D eigenvalue weighted by Gasteiger charge is -2.13. The van der Waals surface area contributed by atoms with E-state index >= 15 is 0 Å². The highest BCUT2D eigenvalue weighted by Gasteiger charge is 2.27. The Labute approximate surface area is 120 Å². The van der Waals surface area contributed by atoms with Gasteiger partial charge in [0.1, 0.15) is 5.75 Å². The van der Waals surface area contributed by atoms with Crippen molar-refractivity contribution in [1.29, 1.82) is 0 Å². The van der Waals surface area contributed by atoms with Crippen molar-refractivity contribution >= 4 is 11.9 Å². The van der Waals surface area contributed by atoms with Crippen LogP contribution in [-0.2, 0) is 9.53 Å². The number of hydrogen-bond donors (Lipinski definition) is 1. The molecule has 1 aromatic rings. The van der Waals surface area contributed by atoms with Crippen molar-refractivity contribution in [2.75, 3.05) is 0 Å². The molecule has 21 heavy (non-hydrogen) atoms. The van der Waals surface area contributed by atoms with Gasteiger partial charge < -0.3 is 14.8 Å². The molecule has 1 aliphatic carbocycles. The maximum Gasteiger partial charge on any atom is 0.387 e. The quantitative estimate of drug-likeness (QED) is 0.817. The number of esters is 1. The molecule has 114 valence electrons. The lowest BCUT2D eigenvalue weighted by atomic mass is 10.2. The van der Waals surface area contributed by atoms with Crippen molar-refractivity contribution in [3.8, 4) is 5.75 Å². The molecule has 0 saturated heterocycles. The summed E-state index contributed by atoms with van der Waals surface area (Å²) in [7, 11) is 0. The Balaban J connectivity index is 1.93. The van der Waals surface area contributed by atoms with Gasteiger partial charge in [0.15, 0.2) is 6.10 Å². The predicted molar refractivity (Wildman–Crippen MR) is 69.1 cm³/mol. The monoisotopic (exact) mass is 299 g/mol. The van der Waals surface area contributed by atoms with Crippen molar-refractivity contribution in [3.63, 3.8) is 0 Å². The topological polar surface area (TPSA) is 64.6 Å². The van der Waals surface area contributed by atoms with Gasteiger partial charge in [-0.05, 0) is 38.0 Å². The third kappa shape index (κ3) is 4.70. The van der Waals surface area contributed by atoms with E-state index in [1.54, 1.807) is 0 Å². The van der Waals surface area contributed by atoms with Gasteiger partial charge in [-0.1, -0.05) is 6.07 Å². The van der Waals surface area contributed by atoms with Gasteiger partial charge in [0, 0.05) is 6.04 Å². The Bertz CT molecular complexity index is 531. The van der Waals surface area contributed by atoms with Gasteiger partial charge in [0.2, 0.25) is 0 Å². The minimum atomic E-state index is -2.97. The zero-order chi connectivity index (χ0) is 15.4. The lowest BCUT2D eigenvalue weighted by molar-refractivity contribution is -0.129. The fourth-order valence-electron chi connectivity index (χ4n) is 1.63. The van der Waals surface area contributed by atoms with Crippen LogP contribution in [0.3, 0.4) is 0 Å². The maximum absolute atomic E-state index is 12.1. The van der Waals surface area contributed by atoms with E-state index in [0.29, 0.717) is 0 Å². The van der Waals surface area contributed by atoms with Crippen molar-refractivity contribution < 1.29 is 27.8 Å². The first-order chi connectivity index (χ1) is 9.95. The minimum Gasteiger partial charge on any atom is -0.449 e. The molecule has 0 bridgehead atoms. The normalized spacial score (nSPS) is 15.4. The summed E-state index contributed by atoms with van der Waals surface area (Å²) in [5, 5.41) is 2.71. The zero-order valence-corrected chi connectivity index (χ0v) is 11.3. The summed E-state index contributed by atoms with van der Waals surface area (Å²) in [5.41, 5.74) is 0.0409. The Kier molecular flexibility index (Phi) is 4.72. The number of rotatable bonds is 6. The largest absolute Gasteiger partial charge is 0.449 e. The highest BCUT2D eigenvalue weighted by Crippen LogP contribution is 2.19. The molecule has 0 spiro atoms. The van der Waals surface area contributed by atoms with Crippen LogP contribution in [0.1, 0.15) is 30.1 Å². The molecule has 1 fully saturated rings. The van der Waals surface area contributed by atoms with Crippen LogP contribution in [0.4, 0.5) is 8.78 Å². The summed E-state index contributed by atoms with van der Waals surface area (Å²) < 4.78 is 33.4. The van der Waals surface area contributed by atoms with Crippen LogP contribution in [0, 0.1) is 0 Å². The van der Waals surface area contributed by atoms with Gasteiger partial charge in [-0.15, -0.1) is 0 Å². The lowest BCUT2D eigenvalue weighted by Crippen LogP contribution is -2.37. The molecule has 1 amide bonds. The van der Waals surface area contributed by atoms with Crippen LogP contribution in [-0.4, -0.2) is 30.6 Å². The fraction of sp³-hybridized carbons (Fsp3) is 0.429. The highest BCUT2D eigenvalue weighted by molar-refractivity contribution is 5.92. The molecule has 0 heterocycles. The second-order valence-corrected chi connectivity index (χ2v) is 4.74. The molecule has 2 rings (SSSR count). The molecule has 1 atom stereocenters. The number of amides is 1. The molecule has 0 aromatic heterocycles. The molecular weight excluding hydrogens is 284 g/mol. The smallest absolute Gasteiger partial charge is 0.387 e. The van der Waals surface area contributed by atoms with Crippen LogP contribution >= 0.6 is 0 Å². The fourth-order valence-corrected chi connectivity index (χ4v) is 1.63. The van der Waals surface area contributed by atoms with Crippen LogP contribution in [0.15, 0.2) is 24.3 Å². The Morgan fingerprint density at radius 1 is 1.33 bits per heavy atom. The summed E-state index contributed by atoms with van der Waals surface area (Å²) in [5.74, 6) is -1.28. The van der Waals surface area contributed by atoms with Crippen LogP contribution < -0.4 is 10.1 Å². The Hall–Kier alpha value is -2.18. The van der Waals surface area contributed by atoms with Gasteiger partial charge >= 0.3 is 12.6 Å². The average Bonchev–Trinajstić information content (AvgIpc) is 3.22. The van der Waals surface area contributed by atoms with E-state index in [1.807, 2.05) is 0 Å². The van der Waals surface area contributed by atoms with Gasteiger partial charge in [-0.2, -0.15) is 8.78 Å². The summed E-state index contributed by atoms with van der Waals surface area (Å²) in [6.45, 7) is -1.52. The third-order valence-corrected chi connectivity index (χ3v) is 2.87. The third-order valence-electron chi connectivity index (χ3n) is 2.87. The maximum atomic E-state index is 12.1. The predicted octanol–water partition coefficient (Wildman–Crippen LogP) is 2.11. The van der Waals surface area contributed by atoms with E-state index in [9.17, 15) is 18.4 Å².